The highest BCUT2D eigenvalue weighted by molar-refractivity contribution is 9.10. The summed E-state index contributed by atoms with van der Waals surface area (Å²) in [6, 6.07) is 13.1. The van der Waals surface area contributed by atoms with Gasteiger partial charge in [-0.3, -0.25) is 14.5 Å². The summed E-state index contributed by atoms with van der Waals surface area (Å²) in [5, 5.41) is 5.50. The van der Waals surface area contributed by atoms with Crippen LogP contribution in [0.25, 0.3) is 0 Å². The smallest absolute Gasteiger partial charge is 0.251 e. The van der Waals surface area contributed by atoms with Gasteiger partial charge in [-0.2, -0.15) is 0 Å². The van der Waals surface area contributed by atoms with Crippen LogP contribution in [0.2, 0.25) is 0 Å². The zero-order chi connectivity index (χ0) is 18.4. The van der Waals surface area contributed by atoms with E-state index in [-0.39, 0.29) is 18.4 Å². The topological polar surface area (TPSA) is 61.4 Å². The highest BCUT2D eigenvalue weighted by Gasteiger charge is 2.09. The summed E-state index contributed by atoms with van der Waals surface area (Å²) in [7, 11) is 3.49. The third kappa shape index (κ3) is 5.69. The third-order valence-corrected chi connectivity index (χ3v) is 4.64. The lowest BCUT2D eigenvalue weighted by Crippen LogP contribution is -2.29. The predicted octanol–water partition coefficient (Wildman–Crippen LogP) is 3.19. The van der Waals surface area contributed by atoms with Gasteiger partial charge in [0, 0.05) is 29.3 Å². The van der Waals surface area contributed by atoms with Crippen molar-refractivity contribution in [1.29, 1.82) is 0 Å². The number of hydrogen-bond acceptors (Lipinski definition) is 3. The molecule has 2 aromatic rings. The number of halogens is 1. The molecular weight excluding hydrogens is 382 g/mol. The number of anilines is 1. The molecule has 5 nitrogen and oxygen atoms in total. The quantitative estimate of drug-likeness (QED) is 0.778. The Balaban J connectivity index is 1.88. The van der Waals surface area contributed by atoms with Gasteiger partial charge < -0.3 is 10.6 Å². The molecular formula is C19H22BrN3O2. The van der Waals surface area contributed by atoms with Crippen LogP contribution in [0.15, 0.2) is 46.9 Å². The van der Waals surface area contributed by atoms with Crippen molar-refractivity contribution in [2.75, 3.05) is 26.0 Å². The number of nitrogens with zero attached hydrogens (tertiary/aromatic N) is 1. The number of amides is 2. The van der Waals surface area contributed by atoms with Gasteiger partial charge in [-0.1, -0.05) is 28.1 Å². The molecule has 0 heterocycles. The molecule has 0 saturated heterocycles. The SMILES string of the molecule is CNC(=O)c1ccc(CN(C)CC(=O)Nc2ccc(Br)c(C)c2)cc1. The summed E-state index contributed by atoms with van der Waals surface area (Å²) >= 11 is 3.45. The van der Waals surface area contributed by atoms with Crippen molar-refractivity contribution >= 4 is 33.4 Å². The Labute approximate surface area is 156 Å². The molecule has 0 atom stereocenters. The molecule has 0 saturated carbocycles. The fourth-order valence-corrected chi connectivity index (χ4v) is 2.69. The second-order valence-corrected chi connectivity index (χ2v) is 6.81. The van der Waals surface area contributed by atoms with Crippen molar-refractivity contribution in [2.24, 2.45) is 0 Å². The van der Waals surface area contributed by atoms with Crippen LogP contribution in [-0.2, 0) is 11.3 Å². The average Bonchev–Trinajstić information content (AvgIpc) is 2.58. The first-order chi connectivity index (χ1) is 11.9. The Bertz CT molecular complexity index is 760. The summed E-state index contributed by atoms with van der Waals surface area (Å²) in [5.41, 5.74) is 3.52. The zero-order valence-electron chi connectivity index (χ0n) is 14.6. The van der Waals surface area contributed by atoms with Crippen molar-refractivity contribution < 1.29 is 9.59 Å². The highest BCUT2D eigenvalue weighted by Crippen LogP contribution is 2.20. The van der Waals surface area contributed by atoms with Gasteiger partial charge in [-0.05, 0) is 55.4 Å². The van der Waals surface area contributed by atoms with Crippen LogP contribution < -0.4 is 10.6 Å². The van der Waals surface area contributed by atoms with Crippen LogP contribution in [0.3, 0.4) is 0 Å². The first kappa shape index (κ1) is 19.1. The Morgan fingerprint density at radius 2 is 1.80 bits per heavy atom. The number of carbonyl (C=O) groups excluding carboxylic acids is 2. The molecule has 2 aromatic carbocycles. The summed E-state index contributed by atoms with van der Waals surface area (Å²) < 4.78 is 1.02. The Kier molecular flexibility index (Phi) is 6.73. The van der Waals surface area contributed by atoms with Crippen molar-refractivity contribution in [3.05, 3.63) is 63.6 Å². The van der Waals surface area contributed by atoms with Gasteiger partial charge in [0.1, 0.15) is 0 Å². The maximum Gasteiger partial charge on any atom is 0.251 e. The van der Waals surface area contributed by atoms with Crippen molar-refractivity contribution in [2.45, 2.75) is 13.5 Å². The molecule has 25 heavy (non-hydrogen) atoms. The minimum Gasteiger partial charge on any atom is -0.355 e. The molecule has 0 bridgehead atoms. The van der Waals surface area contributed by atoms with E-state index in [2.05, 4.69) is 26.6 Å². The third-order valence-electron chi connectivity index (χ3n) is 3.75. The van der Waals surface area contributed by atoms with Gasteiger partial charge >= 0.3 is 0 Å². The van der Waals surface area contributed by atoms with E-state index in [1.165, 1.54) is 0 Å². The molecule has 2 rings (SSSR count). The van der Waals surface area contributed by atoms with Crippen LogP contribution in [-0.4, -0.2) is 37.4 Å². The molecule has 6 heteroatoms. The highest BCUT2D eigenvalue weighted by atomic mass is 79.9. The van der Waals surface area contributed by atoms with Gasteiger partial charge in [0.05, 0.1) is 6.54 Å². The molecule has 0 fully saturated rings. The van der Waals surface area contributed by atoms with Gasteiger partial charge in [0.25, 0.3) is 5.91 Å². The van der Waals surface area contributed by atoms with Crippen molar-refractivity contribution in [1.82, 2.24) is 10.2 Å². The molecule has 0 aliphatic carbocycles. The minimum atomic E-state index is -0.107. The number of nitrogens with one attached hydrogen (secondary N) is 2. The fourth-order valence-electron chi connectivity index (χ4n) is 2.44. The lowest BCUT2D eigenvalue weighted by molar-refractivity contribution is -0.117. The van der Waals surface area contributed by atoms with E-state index in [1.807, 2.05) is 49.2 Å². The molecule has 0 aliphatic rings. The standard InChI is InChI=1S/C19H22BrN3O2/c1-13-10-16(8-9-17(13)20)22-18(24)12-23(3)11-14-4-6-15(7-5-14)19(25)21-2/h4-10H,11-12H2,1-3H3,(H,21,25)(H,22,24). The maximum absolute atomic E-state index is 12.2. The summed E-state index contributed by atoms with van der Waals surface area (Å²) in [4.78, 5) is 25.6. The summed E-state index contributed by atoms with van der Waals surface area (Å²) in [6.45, 7) is 2.89. The second-order valence-electron chi connectivity index (χ2n) is 5.96. The largest absolute Gasteiger partial charge is 0.355 e. The number of hydrogen-bond donors (Lipinski definition) is 2. The van der Waals surface area contributed by atoms with Crippen molar-refractivity contribution in [3.8, 4) is 0 Å². The fraction of sp³-hybridized carbons (Fsp3) is 0.263. The molecule has 2 amide bonds. The number of likely N-dealkylation sites (N-methyl/N-ethyl adjacent to an activating group) is 1. The lowest BCUT2D eigenvalue weighted by atomic mass is 10.1. The molecule has 132 valence electrons. The van der Waals surface area contributed by atoms with Gasteiger partial charge in [-0.25, -0.2) is 0 Å². The van der Waals surface area contributed by atoms with E-state index in [9.17, 15) is 9.59 Å². The molecule has 0 unspecified atom stereocenters. The van der Waals surface area contributed by atoms with Gasteiger partial charge in [0.15, 0.2) is 0 Å². The first-order valence-electron chi connectivity index (χ1n) is 7.94. The number of aryl methyl sites for hydroxylation is 1. The maximum atomic E-state index is 12.2. The zero-order valence-corrected chi connectivity index (χ0v) is 16.2. The molecule has 0 radical (unpaired) electrons. The molecule has 0 aromatic heterocycles. The van der Waals surface area contributed by atoms with E-state index in [0.717, 1.165) is 21.3 Å². The molecule has 0 spiro atoms. The van der Waals surface area contributed by atoms with E-state index in [4.69, 9.17) is 0 Å². The van der Waals surface area contributed by atoms with Crippen LogP contribution in [0.4, 0.5) is 5.69 Å². The Morgan fingerprint density at radius 1 is 1.12 bits per heavy atom. The summed E-state index contributed by atoms with van der Waals surface area (Å²) in [6.07, 6.45) is 0. The van der Waals surface area contributed by atoms with Gasteiger partial charge in [-0.15, -0.1) is 0 Å². The van der Waals surface area contributed by atoms with Crippen LogP contribution in [0.5, 0.6) is 0 Å². The van der Waals surface area contributed by atoms with E-state index >= 15 is 0 Å². The van der Waals surface area contributed by atoms with Crippen LogP contribution in [0, 0.1) is 6.92 Å². The predicted molar refractivity (Wildman–Crippen MR) is 104 cm³/mol. The second kappa shape index (κ2) is 8.78. The Hall–Kier alpha value is -2.18. The molecule has 2 N–H and O–H groups in total. The number of benzene rings is 2. The average molecular weight is 404 g/mol. The van der Waals surface area contributed by atoms with Crippen LogP contribution in [0.1, 0.15) is 21.5 Å². The van der Waals surface area contributed by atoms with E-state index < -0.39 is 0 Å². The van der Waals surface area contributed by atoms with E-state index in [1.54, 1.807) is 19.2 Å². The summed E-state index contributed by atoms with van der Waals surface area (Å²) in [5.74, 6) is -0.171. The number of rotatable bonds is 6. The first-order valence-corrected chi connectivity index (χ1v) is 8.74. The monoisotopic (exact) mass is 403 g/mol. The minimum absolute atomic E-state index is 0.0637. The van der Waals surface area contributed by atoms with Crippen molar-refractivity contribution in [3.63, 3.8) is 0 Å². The lowest BCUT2D eigenvalue weighted by Gasteiger charge is -2.17. The van der Waals surface area contributed by atoms with Crippen LogP contribution >= 0.6 is 15.9 Å². The van der Waals surface area contributed by atoms with E-state index in [0.29, 0.717) is 12.1 Å². The normalized spacial score (nSPS) is 10.6. The molecule has 0 aliphatic heterocycles. The Morgan fingerprint density at radius 3 is 2.40 bits per heavy atom. The number of carbonyl (C=O) groups is 2. The van der Waals surface area contributed by atoms with Gasteiger partial charge in [0.2, 0.25) is 5.91 Å².